The molecule has 4 aliphatic heterocycles. The molecule has 1 aromatic carbocycles. The Labute approximate surface area is 249 Å². The summed E-state index contributed by atoms with van der Waals surface area (Å²) in [5, 5.41) is 3.40. The summed E-state index contributed by atoms with van der Waals surface area (Å²) >= 11 is 6.13. The molecule has 4 fully saturated rings. The molecule has 4 saturated heterocycles. The van der Waals surface area contributed by atoms with Gasteiger partial charge in [-0.3, -0.25) is 14.5 Å². The molecule has 222 valence electrons. The lowest BCUT2D eigenvalue weighted by Crippen LogP contribution is -2.54. The second-order valence-electron chi connectivity index (χ2n) is 10.5. The largest absolute Gasteiger partial charge is 0.496 e. The predicted octanol–water partition coefficient (Wildman–Crippen LogP) is 3.79. The first-order valence-electron chi connectivity index (χ1n) is 13.5. The molecular formula is C27H43Cl3N4O5. The number of benzene rings is 1. The van der Waals surface area contributed by atoms with Gasteiger partial charge in [-0.2, -0.15) is 0 Å². The number of nitrogens with zero attached hydrogens (tertiary/aromatic N) is 2. The van der Waals surface area contributed by atoms with Gasteiger partial charge in [0.2, 0.25) is 0 Å². The molecule has 1 aromatic rings. The second kappa shape index (κ2) is 16.1. The van der Waals surface area contributed by atoms with E-state index in [1.165, 1.54) is 13.2 Å². The molecule has 0 spiro atoms. The number of ether oxygens (including phenoxy) is 3. The van der Waals surface area contributed by atoms with Crippen molar-refractivity contribution in [1.82, 2.24) is 15.1 Å². The van der Waals surface area contributed by atoms with Crippen molar-refractivity contribution in [3.05, 3.63) is 22.7 Å². The third-order valence-electron chi connectivity index (χ3n) is 8.06. The van der Waals surface area contributed by atoms with E-state index in [2.05, 4.69) is 15.1 Å². The van der Waals surface area contributed by atoms with Crippen LogP contribution in [0.5, 0.6) is 5.75 Å². The Morgan fingerprint density at radius 3 is 2.41 bits per heavy atom. The van der Waals surface area contributed by atoms with Gasteiger partial charge >= 0.3 is 5.97 Å². The number of piperidine rings is 4. The fraction of sp³-hybridized carbons (Fsp3) is 0.704. The van der Waals surface area contributed by atoms with E-state index >= 15 is 0 Å². The SMILES string of the molecule is COc1cc(N)c(Cl)cc1C(=O)NC1CCN(CCCCCC(=O)OC2CN3CCC2CC3)CC1OC.Cl.Cl. The van der Waals surface area contributed by atoms with E-state index in [9.17, 15) is 9.59 Å². The third kappa shape index (κ3) is 9.00. The highest BCUT2D eigenvalue weighted by molar-refractivity contribution is 6.33. The van der Waals surface area contributed by atoms with Gasteiger partial charge in [0, 0.05) is 39.2 Å². The summed E-state index contributed by atoms with van der Waals surface area (Å²) in [4.78, 5) is 30.0. The van der Waals surface area contributed by atoms with Gasteiger partial charge in [-0.05, 0) is 63.7 Å². The molecule has 3 N–H and O–H groups in total. The maximum atomic E-state index is 13.0. The average molecular weight is 610 g/mol. The first-order chi connectivity index (χ1) is 17.9. The number of likely N-dealkylation sites (tertiary alicyclic amines) is 1. The molecule has 9 nitrogen and oxygen atoms in total. The minimum atomic E-state index is -0.260. The predicted molar refractivity (Wildman–Crippen MR) is 158 cm³/mol. The Morgan fingerprint density at radius 1 is 1.03 bits per heavy atom. The molecule has 0 radical (unpaired) electrons. The number of rotatable bonds is 11. The van der Waals surface area contributed by atoms with Crippen LogP contribution >= 0.6 is 36.4 Å². The van der Waals surface area contributed by atoms with Crippen LogP contribution in [0.1, 0.15) is 55.3 Å². The van der Waals surface area contributed by atoms with Crippen LogP contribution in [-0.4, -0.2) is 93.4 Å². The van der Waals surface area contributed by atoms with Gasteiger partial charge in [0.25, 0.3) is 5.91 Å². The molecular weight excluding hydrogens is 567 g/mol. The molecule has 5 rings (SSSR count). The van der Waals surface area contributed by atoms with Crippen molar-refractivity contribution in [2.75, 3.05) is 59.2 Å². The number of fused-ring (bicyclic) bond motifs is 3. The van der Waals surface area contributed by atoms with E-state index in [1.807, 2.05) is 0 Å². The van der Waals surface area contributed by atoms with Gasteiger partial charge in [0.05, 0.1) is 35.5 Å². The van der Waals surface area contributed by atoms with Crippen LogP contribution in [0, 0.1) is 5.92 Å². The third-order valence-corrected chi connectivity index (χ3v) is 8.39. The van der Waals surface area contributed by atoms with E-state index in [1.54, 1.807) is 13.2 Å². The smallest absolute Gasteiger partial charge is 0.306 e. The maximum absolute atomic E-state index is 13.0. The Kier molecular flexibility index (Phi) is 13.9. The Morgan fingerprint density at radius 2 is 1.77 bits per heavy atom. The number of amides is 1. The van der Waals surface area contributed by atoms with Crippen LogP contribution in [0.25, 0.3) is 0 Å². The van der Waals surface area contributed by atoms with Gasteiger partial charge in [-0.1, -0.05) is 18.0 Å². The summed E-state index contributed by atoms with van der Waals surface area (Å²) in [7, 11) is 3.17. The minimum Gasteiger partial charge on any atom is -0.496 e. The molecule has 3 unspecified atom stereocenters. The lowest BCUT2D eigenvalue weighted by molar-refractivity contribution is -0.158. The molecule has 0 saturated carbocycles. The number of anilines is 1. The van der Waals surface area contributed by atoms with Gasteiger partial charge in [-0.15, -0.1) is 24.8 Å². The fourth-order valence-electron chi connectivity index (χ4n) is 5.80. The van der Waals surface area contributed by atoms with Crippen molar-refractivity contribution in [3.63, 3.8) is 0 Å². The number of halogens is 3. The molecule has 39 heavy (non-hydrogen) atoms. The molecule has 0 aliphatic carbocycles. The van der Waals surface area contributed by atoms with E-state index in [0.717, 1.165) is 77.8 Å². The van der Waals surface area contributed by atoms with Crippen LogP contribution in [0.2, 0.25) is 5.02 Å². The van der Waals surface area contributed by atoms with Crippen LogP contribution in [0.4, 0.5) is 5.69 Å². The van der Waals surface area contributed by atoms with Crippen LogP contribution in [-0.2, 0) is 14.3 Å². The molecule has 0 aromatic heterocycles. The van der Waals surface area contributed by atoms with Crippen molar-refractivity contribution < 1.29 is 23.8 Å². The standard InChI is InChI=1S/C27H41ClN4O5.2ClH/c1-35-23-15-21(29)20(28)14-19(23)27(34)30-22-9-13-31(17-25(22)36-2)10-5-3-4-6-26(33)37-24-16-32-11-7-18(24)8-12-32;;/h14-15,18,22,24-25H,3-13,16-17,29H2,1-2H3,(H,30,34);2*1H. The van der Waals surface area contributed by atoms with Gasteiger partial charge in [0.15, 0.2) is 0 Å². The zero-order chi connectivity index (χ0) is 26.4. The second-order valence-corrected chi connectivity index (χ2v) is 10.9. The number of esters is 1. The van der Waals surface area contributed by atoms with E-state index < -0.39 is 0 Å². The molecule has 12 heteroatoms. The van der Waals surface area contributed by atoms with Crippen LogP contribution < -0.4 is 15.8 Å². The zero-order valence-corrected chi connectivity index (χ0v) is 25.3. The highest BCUT2D eigenvalue weighted by Crippen LogP contribution is 2.30. The first-order valence-corrected chi connectivity index (χ1v) is 13.9. The number of carbonyl (C=O) groups is 2. The topological polar surface area (TPSA) is 106 Å². The lowest BCUT2D eigenvalue weighted by atomic mass is 9.86. The van der Waals surface area contributed by atoms with Crippen LogP contribution in [0.3, 0.4) is 0 Å². The van der Waals surface area contributed by atoms with Gasteiger partial charge < -0.3 is 30.2 Å². The van der Waals surface area contributed by atoms with Crippen molar-refractivity contribution in [2.24, 2.45) is 5.92 Å². The molecule has 2 bridgehead atoms. The van der Waals surface area contributed by atoms with Crippen LogP contribution in [0.15, 0.2) is 12.1 Å². The number of carbonyl (C=O) groups excluding carboxylic acids is 2. The Balaban J connectivity index is 0.00000267. The van der Waals surface area contributed by atoms with E-state index in [4.69, 9.17) is 31.5 Å². The number of unbranched alkanes of at least 4 members (excludes halogenated alkanes) is 2. The van der Waals surface area contributed by atoms with Gasteiger partial charge in [-0.25, -0.2) is 0 Å². The summed E-state index contributed by atoms with van der Waals surface area (Å²) in [6.45, 7) is 5.76. The number of nitrogens with two attached hydrogens (primary N) is 1. The van der Waals surface area contributed by atoms with Crippen molar-refractivity contribution in [3.8, 4) is 5.75 Å². The summed E-state index contributed by atoms with van der Waals surface area (Å²) < 4.78 is 16.8. The lowest BCUT2D eigenvalue weighted by Gasteiger charge is -2.43. The average Bonchev–Trinajstić information content (AvgIpc) is 2.91. The van der Waals surface area contributed by atoms with E-state index in [0.29, 0.717) is 34.4 Å². The van der Waals surface area contributed by atoms with Crippen molar-refractivity contribution in [2.45, 2.75) is 63.2 Å². The number of nitrogen functional groups attached to an aromatic ring is 1. The highest BCUT2D eigenvalue weighted by Gasteiger charge is 2.36. The summed E-state index contributed by atoms with van der Waals surface area (Å²) in [5.74, 6) is 0.637. The minimum absolute atomic E-state index is 0. The normalized spacial score (nSPS) is 26.2. The van der Waals surface area contributed by atoms with E-state index in [-0.39, 0.29) is 54.9 Å². The number of hydrogen-bond acceptors (Lipinski definition) is 8. The summed E-state index contributed by atoms with van der Waals surface area (Å²) in [5.41, 5.74) is 6.56. The maximum Gasteiger partial charge on any atom is 0.306 e. The van der Waals surface area contributed by atoms with Crippen molar-refractivity contribution in [1.29, 1.82) is 0 Å². The fourth-order valence-corrected chi connectivity index (χ4v) is 5.97. The zero-order valence-electron chi connectivity index (χ0n) is 22.9. The van der Waals surface area contributed by atoms with Gasteiger partial charge in [0.1, 0.15) is 11.9 Å². The quantitative estimate of drug-likeness (QED) is 0.222. The summed E-state index contributed by atoms with van der Waals surface area (Å²) in [6.07, 6.45) is 6.42. The Bertz CT molecular complexity index is 948. The first kappa shape index (κ1) is 33.7. The molecule has 3 atom stereocenters. The summed E-state index contributed by atoms with van der Waals surface area (Å²) in [6, 6.07) is 2.98. The number of nitrogens with one attached hydrogen (secondary N) is 1. The molecule has 1 amide bonds. The molecule has 4 aliphatic rings. The highest BCUT2D eigenvalue weighted by atomic mass is 35.5. The molecule has 4 heterocycles. The number of methoxy groups -OCH3 is 2. The number of hydrogen-bond donors (Lipinski definition) is 2. The van der Waals surface area contributed by atoms with Crippen molar-refractivity contribution >= 4 is 54.0 Å². The monoisotopic (exact) mass is 608 g/mol. The Hall–Kier alpha value is -1.49.